The van der Waals surface area contributed by atoms with E-state index in [1.807, 2.05) is 19.2 Å². The molecular weight excluding hydrogens is 234 g/mol. The third-order valence-electron chi connectivity index (χ3n) is 3.30. The van der Waals surface area contributed by atoms with Crippen LogP contribution in [-0.2, 0) is 12.8 Å². The van der Waals surface area contributed by atoms with Gasteiger partial charge >= 0.3 is 0 Å². The molecule has 1 heterocycles. The van der Waals surface area contributed by atoms with Gasteiger partial charge in [0.25, 0.3) is 0 Å². The number of aromatic nitrogens is 1. The van der Waals surface area contributed by atoms with Gasteiger partial charge in [0.1, 0.15) is 0 Å². The van der Waals surface area contributed by atoms with Gasteiger partial charge < -0.3 is 11.1 Å². The third-order valence-corrected chi connectivity index (χ3v) is 3.30. The molecule has 3 heteroatoms. The van der Waals surface area contributed by atoms with Crippen LogP contribution in [0.5, 0.6) is 0 Å². The molecule has 1 aromatic heterocycles. The van der Waals surface area contributed by atoms with Crippen molar-refractivity contribution in [2.75, 3.05) is 11.1 Å². The van der Waals surface area contributed by atoms with Crippen LogP contribution in [-0.4, -0.2) is 4.98 Å². The molecule has 0 spiro atoms. The van der Waals surface area contributed by atoms with Gasteiger partial charge in [0.15, 0.2) is 5.82 Å². The highest BCUT2D eigenvalue weighted by atomic mass is 15.0. The van der Waals surface area contributed by atoms with Crippen molar-refractivity contribution in [3.8, 4) is 0 Å². The Labute approximate surface area is 114 Å². The molecule has 3 N–H and O–H groups in total. The second-order valence-electron chi connectivity index (χ2n) is 4.73. The Morgan fingerprint density at radius 2 is 1.79 bits per heavy atom. The monoisotopic (exact) mass is 255 g/mol. The fourth-order valence-corrected chi connectivity index (χ4v) is 2.22. The Balaban J connectivity index is 2.42. The van der Waals surface area contributed by atoms with Gasteiger partial charge in [-0.05, 0) is 42.5 Å². The maximum Gasteiger partial charge on any atom is 0.153 e. The normalized spacial score (nSPS) is 10.5. The van der Waals surface area contributed by atoms with Gasteiger partial charge in [0.2, 0.25) is 0 Å². The summed E-state index contributed by atoms with van der Waals surface area (Å²) in [7, 11) is 0. The zero-order valence-corrected chi connectivity index (χ0v) is 11.8. The number of benzene rings is 1. The molecule has 1 aromatic carbocycles. The van der Waals surface area contributed by atoms with Crippen molar-refractivity contribution in [3.05, 3.63) is 47.2 Å². The molecule has 0 aliphatic rings. The molecule has 0 amide bonds. The first kappa shape index (κ1) is 13.4. The zero-order valence-electron chi connectivity index (χ0n) is 11.8. The first-order valence-electron chi connectivity index (χ1n) is 6.75. The minimum absolute atomic E-state index is 0.688. The largest absolute Gasteiger partial charge is 0.396 e. The van der Waals surface area contributed by atoms with Crippen LogP contribution in [0, 0.1) is 6.92 Å². The summed E-state index contributed by atoms with van der Waals surface area (Å²) in [5, 5.41) is 3.40. The van der Waals surface area contributed by atoms with E-state index in [4.69, 9.17) is 5.73 Å². The molecule has 19 heavy (non-hydrogen) atoms. The number of aryl methyl sites for hydroxylation is 3. The van der Waals surface area contributed by atoms with Gasteiger partial charge in [-0.15, -0.1) is 0 Å². The van der Waals surface area contributed by atoms with E-state index in [0.717, 1.165) is 29.9 Å². The summed E-state index contributed by atoms with van der Waals surface area (Å²) in [6, 6.07) is 8.34. The van der Waals surface area contributed by atoms with Crippen LogP contribution < -0.4 is 11.1 Å². The Hall–Kier alpha value is -2.03. The molecule has 0 fully saturated rings. The van der Waals surface area contributed by atoms with Gasteiger partial charge in [-0.1, -0.05) is 32.0 Å². The Morgan fingerprint density at radius 1 is 1.16 bits per heavy atom. The lowest BCUT2D eigenvalue weighted by Crippen LogP contribution is -2.04. The van der Waals surface area contributed by atoms with Crippen molar-refractivity contribution < 1.29 is 0 Å². The minimum atomic E-state index is 0.688. The fourth-order valence-electron chi connectivity index (χ4n) is 2.22. The van der Waals surface area contributed by atoms with Gasteiger partial charge in [-0.25, -0.2) is 4.98 Å². The Kier molecular flexibility index (Phi) is 4.05. The predicted octanol–water partition coefficient (Wildman–Crippen LogP) is 3.84. The van der Waals surface area contributed by atoms with Crippen LogP contribution in [0.4, 0.5) is 17.2 Å². The smallest absolute Gasteiger partial charge is 0.153 e. The fraction of sp³-hybridized carbons (Fsp3) is 0.312. The van der Waals surface area contributed by atoms with Gasteiger partial charge in [-0.2, -0.15) is 0 Å². The lowest BCUT2D eigenvalue weighted by molar-refractivity contribution is 1.08. The average molecular weight is 255 g/mol. The van der Waals surface area contributed by atoms with Crippen molar-refractivity contribution >= 4 is 17.2 Å². The summed E-state index contributed by atoms with van der Waals surface area (Å²) in [6.45, 7) is 6.31. The lowest BCUT2D eigenvalue weighted by Gasteiger charge is -2.16. The summed E-state index contributed by atoms with van der Waals surface area (Å²) in [5.74, 6) is 0.737. The van der Waals surface area contributed by atoms with Crippen molar-refractivity contribution in [1.29, 1.82) is 0 Å². The number of hydrogen-bond donors (Lipinski definition) is 2. The molecule has 3 nitrogen and oxygen atoms in total. The molecule has 0 saturated heterocycles. The van der Waals surface area contributed by atoms with Gasteiger partial charge in [-0.3, -0.25) is 0 Å². The van der Waals surface area contributed by atoms with E-state index in [2.05, 4.69) is 42.3 Å². The first-order chi connectivity index (χ1) is 9.15. The van der Waals surface area contributed by atoms with Crippen molar-refractivity contribution in [3.63, 3.8) is 0 Å². The summed E-state index contributed by atoms with van der Waals surface area (Å²) < 4.78 is 0. The van der Waals surface area contributed by atoms with Crippen molar-refractivity contribution in [2.24, 2.45) is 0 Å². The second-order valence-corrected chi connectivity index (χ2v) is 4.73. The third kappa shape index (κ3) is 2.87. The van der Waals surface area contributed by atoms with Crippen LogP contribution in [0.25, 0.3) is 0 Å². The molecule has 100 valence electrons. The number of pyridine rings is 1. The maximum atomic E-state index is 6.03. The summed E-state index contributed by atoms with van der Waals surface area (Å²) >= 11 is 0. The minimum Gasteiger partial charge on any atom is -0.396 e. The highest BCUT2D eigenvalue weighted by molar-refractivity contribution is 5.72. The molecule has 0 aliphatic heterocycles. The van der Waals surface area contributed by atoms with E-state index < -0.39 is 0 Å². The molecule has 0 radical (unpaired) electrons. The summed E-state index contributed by atoms with van der Waals surface area (Å²) in [6.07, 6.45) is 3.81. The van der Waals surface area contributed by atoms with E-state index in [1.165, 1.54) is 11.1 Å². The van der Waals surface area contributed by atoms with Gasteiger partial charge in [0.05, 0.1) is 5.69 Å². The zero-order chi connectivity index (χ0) is 13.8. The van der Waals surface area contributed by atoms with E-state index in [-0.39, 0.29) is 0 Å². The summed E-state index contributed by atoms with van der Waals surface area (Å²) in [5.41, 5.74) is 11.5. The van der Waals surface area contributed by atoms with Crippen LogP contribution in [0.3, 0.4) is 0 Å². The average Bonchev–Trinajstić information content (AvgIpc) is 2.42. The van der Waals surface area contributed by atoms with Crippen LogP contribution in [0.15, 0.2) is 30.5 Å². The van der Waals surface area contributed by atoms with E-state index in [9.17, 15) is 0 Å². The Morgan fingerprint density at radius 3 is 2.32 bits per heavy atom. The number of para-hydroxylation sites is 1. The number of anilines is 3. The topological polar surface area (TPSA) is 50.9 Å². The Bertz CT molecular complexity index is 554. The molecule has 0 aliphatic carbocycles. The molecule has 0 atom stereocenters. The first-order valence-corrected chi connectivity index (χ1v) is 6.75. The molecule has 0 bridgehead atoms. The van der Waals surface area contributed by atoms with Crippen LogP contribution in [0.2, 0.25) is 0 Å². The number of nitrogens with two attached hydrogens (primary N) is 1. The van der Waals surface area contributed by atoms with Crippen molar-refractivity contribution in [2.45, 2.75) is 33.6 Å². The maximum absolute atomic E-state index is 6.03. The highest BCUT2D eigenvalue weighted by Crippen LogP contribution is 2.28. The molecule has 2 aromatic rings. The SMILES string of the molecule is CCc1cccc(CC)c1Nc1ncc(C)cc1N. The standard InChI is InChI=1S/C16H21N3/c1-4-12-7-6-8-13(5-2)15(12)19-16-14(17)9-11(3)10-18-16/h6-10H,4-5,17H2,1-3H3,(H,18,19). The van der Waals surface area contributed by atoms with E-state index in [1.54, 1.807) is 0 Å². The molecule has 0 saturated carbocycles. The van der Waals surface area contributed by atoms with E-state index >= 15 is 0 Å². The lowest BCUT2D eigenvalue weighted by atomic mass is 10.0. The number of hydrogen-bond acceptors (Lipinski definition) is 3. The number of rotatable bonds is 4. The molecule has 2 rings (SSSR count). The van der Waals surface area contributed by atoms with Gasteiger partial charge in [0, 0.05) is 11.9 Å². The number of nitrogen functional groups attached to an aromatic ring is 1. The van der Waals surface area contributed by atoms with Crippen LogP contribution >= 0.6 is 0 Å². The van der Waals surface area contributed by atoms with Crippen LogP contribution in [0.1, 0.15) is 30.5 Å². The highest BCUT2D eigenvalue weighted by Gasteiger charge is 2.09. The van der Waals surface area contributed by atoms with E-state index in [0.29, 0.717) is 5.69 Å². The molecule has 0 unspecified atom stereocenters. The van der Waals surface area contributed by atoms with Crippen molar-refractivity contribution in [1.82, 2.24) is 4.98 Å². The number of nitrogens with zero attached hydrogens (tertiary/aromatic N) is 1. The molecular formula is C16H21N3. The second kappa shape index (κ2) is 5.74. The quantitative estimate of drug-likeness (QED) is 0.872. The predicted molar refractivity (Wildman–Crippen MR) is 81.9 cm³/mol. The number of nitrogens with one attached hydrogen (secondary N) is 1. The summed E-state index contributed by atoms with van der Waals surface area (Å²) in [4.78, 5) is 4.39.